The lowest BCUT2D eigenvalue weighted by Crippen LogP contribution is -2.25. The zero-order valence-electron chi connectivity index (χ0n) is 9.33. The molecule has 86 valence electrons. The summed E-state index contributed by atoms with van der Waals surface area (Å²) in [6, 6.07) is 8.31. The number of rotatable bonds is 1. The summed E-state index contributed by atoms with van der Waals surface area (Å²) in [7, 11) is 0. The maximum absolute atomic E-state index is 11.7. The van der Waals surface area contributed by atoms with Crippen LogP contribution in [-0.4, -0.2) is 9.97 Å². The van der Waals surface area contributed by atoms with Gasteiger partial charge in [-0.25, -0.2) is 4.98 Å². The number of nitrogens with zero attached hydrogens (tertiary/aromatic N) is 1. The van der Waals surface area contributed by atoms with Crippen LogP contribution in [0.3, 0.4) is 0 Å². The molecule has 0 amide bonds. The average Bonchev–Trinajstić information content (AvgIpc) is 2.27. The van der Waals surface area contributed by atoms with E-state index in [1.54, 1.807) is 0 Å². The number of benzene rings is 1. The number of halogens is 1. The van der Waals surface area contributed by atoms with Crippen LogP contribution >= 0.6 is 22.6 Å². The third kappa shape index (κ3) is 1.71. The van der Waals surface area contributed by atoms with Crippen molar-refractivity contribution in [3.63, 3.8) is 0 Å². The molecule has 1 aromatic carbocycles. The third-order valence-corrected chi connectivity index (χ3v) is 4.50. The Morgan fingerprint density at radius 2 is 2.18 bits per heavy atom. The molecule has 1 aromatic heterocycles. The van der Waals surface area contributed by atoms with Gasteiger partial charge in [-0.3, -0.25) is 4.79 Å². The molecular formula is C13H11IN2O. The molecule has 3 rings (SSSR count). The van der Waals surface area contributed by atoms with Crippen molar-refractivity contribution in [1.29, 1.82) is 0 Å². The molecule has 0 bridgehead atoms. The van der Waals surface area contributed by atoms with Gasteiger partial charge in [0.15, 0.2) is 0 Å². The first kappa shape index (κ1) is 11.0. The first-order chi connectivity index (χ1) is 8.16. The molecule has 0 fully saturated rings. The second kappa shape index (κ2) is 3.94. The predicted octanol–water partition coefficient (Wildman–Crippen LogP) is 2.37. The zero-order chi connectivity index (χ0) is 12.0. The lowest BCUT2D eigenvalue weighted by atomic mass is 9.77. The van der Waals surface area contributed by atoms with Crippen molar-refractivity contribution < 1.29 is 0 Å². The van der Waals surface area contributed by atoms with Crippen LogP contribution in [0.4, 0.5) is 0 Å². The quantitative estimate of drug-likeness (QED) is 0.812. The standard InChI is InChI=1S/C13H11IN2O/c1-7-11(14)13(17)16-12(15-7)10-6-8-4-2-3-5-9(8)10/h2-5,10H,6H2,1H3,(H,15,16,17). The van der Waals surface area contributed by atoms with Crippen molar-refractivity contribution in [3.8, 4) is 0 Å². The molecule has 0 saturated heterocycles. The summed E-state index contributed by atoms with van der Waals surface area (Å²) in [4.78, 5) is 19.1. The minimum Gasteiger partial charge on any atom is -0.309 e. The molecule has 1 heterocycles. The maximum atomic E-state index is 11.7. The van der Waals surface area contributed by atoms with Gasteiger partial charge in [-0.05, 0) is 47.1 Å². The van der Waals surface area contributed by atoms with Crippen LogP contribution in [0.15, 0.2) is 29.1 Å². The number of hydrogen-bond donors (Lipinski definition) is 1. The van der Waals surface area contributed by atoms with Gasteiger partial charge < -0.3 is 4.98 Å². The molecule has 1 N–H and O–H groups in total. The van der Waals surface area contributed by atoms with Crippen LogP contribution in [0.5, 0.6) is 0 Å². The summed E-state index contributed by atoms with van der Waals surface area (Å²) in [5.74, 6) is 1.06. The van der Waals surface area contributed by atoms with Crippen LogP contribution < -0.4 is 5.56 Å². The van der Waals surface area contributed by atoms with Crippen LogP contribution in [0.2, 0.25) is 0 Å². The molecule has 3 nitrogen and oxygen atoms in total. The topological polar surface area (TPSA) is 45.8 Å². The number of aromatic nitrogens is 2. The van der Waals surface area contributed by atoms with Gasteiger partial charge in [0.1, 0.15) is 5.82 Å². The van der Waals surface area contributed by atoms with E-state index in [0.717, 1.165) is 17.9 Å². The molecule has 0 saturated carbocycles. The zero-order valence-corrected chi connectivity index (χ0v) is 11.5. The van der Waals surface area contributed by atoms with Gasteiger partial charge in [-0.15, -0.1) is 0 Å². The van der Waals surface area contributed by atoms with E-state index in [2.05, 4.69) is 22.1 Å². The van der Waals surface area contributed by atoms with E-state index >= 15 is 0 Å². The maximum Gasteiger partial charge on any atom is 0.264 e. The summed E-state index contributed by atoms with van der Waals surface area (Å²) in [5.41, 5.74) is 3.43. The third-order valence-electron chi connectivity index (χ3n) is 3.23. The Balaban J connectivity index is 2.07. The molecular weight excluding hydrogens is 327 g/mol. The summed E-state index contributed by atoms with van der Waals surface area (Å²) < 4.78 is 0.680. The van der Waals surface area contributed by atoms with E-state index in [1.165, 1.54) is 11.1 Å². The van der Waals surface area contributed by atoms with E-state index in [4.69, 9.17) is 0 Å². The van der Waals surface area contributed by atoms with Crippen LogP contribution in [0.1, 0.15) is 28.6 Å². The first-order valence-corrected chi connectivity index (χ1v) is 6.59. The van der Waals surface area contributed by atoms with Crippen LogP contribution in [0, 0.1) is 10.5 Å². The summed E-state index contributed by atoms with van der Waals surface area (Å²) in [5, 5.41) is 0. The van der Waals surface area contributed by atoms with Gasteiger partial charge in [0.2, 0.25) is 0 Å². The fraction of sp³-hybridized carbons (Fsp3) is 0.231. The van der Waals surface area contributed by atoms with E-state index < -0.39 is 0 Å². The molecule has 4 heteroatoms. The normalized spacial score (nSPS) is 17.4. The molecule has 17 heavy (non-hydrogen) atoms. The van der Waals surface area contributed by atoms with Crippen molar-refractivity contribution in [2.24, 2.45) is 0 Å². The smallest absolute Gasteiger partial charge is 0.264 e. The Morgan fingerprint density at radius 3 is 2.88 bits per heavy atom. The second-order valence-corrected chi connectivity index (χ2v) is 5.38. The molecule has 1 unspecified atom stereocenters. The molecule has 1 aliphatic rings. The van der Waals surface area contributed by atoms with Gasteiger partial charge in [-0.1, -0.05) is 24.3 Å². The minimum atomic E-state index is -0.0301. The lowest BCUT2D eigenvalue weighted by molar-refractivity contribution is 0.651. The van der Waals surface area contributed by atoms with Gasteiger partial charge in [0.05, 0.1) is 9.26 Å². The highest BCUT2D eigenvalue weighted by atomic mass is 127. The van der Waals surface area contributed by atoms with E-state index in [9.17, 15) is 4.79 Å². The highest BCUT2D eigenvalue weighted by Crippen LogP contribution is 2.37. The fourth-order valence-electron chi connectivity index (χ4n) is 2.26. The van der Waals surface area contributed by atoms with E-state index in [-0.39, 0.29) is 11.5 Å². The predicted molar refractivity (Wildman–Crippen MR) is 74.3 cm³/mol. The van der Waals surface area contributed by atoms with Crippen molar-refractivity contribution in [2.45, 2.75) is 19.3 Å². The molecule has 0 radical (unpaired) electrons. The Kier molecular flexibility index (Phi) is 2.54. The number of fused-ring (bicyclic) bond motifs is 1. The minimum absolute atomic E-state index is 0.0301. The molecule has 1 atom stereocenters. The fourth-order valence-corrected chi connectivity index (χ4v) is 2.52. The Morgan fingerprint density at radius 1 is 1.41 bits per heavy atom. The van der Waals surface area contributed by atoms with Gasteiger partial charge >= 0.3 is 0 Å². The first-order valence-electron chi connectivity index (χ1n) is 5.51. The number of aryl methyl sites for hydroxylation is 1. The van der Waals surface area contributed by atoms with Gasteiger partial charge in [0.25, 0.3) is 5.56 Å². The molecule has 0 spiro atoms. The SMILES string of the molecule is Cc1nc(C2Cc3ccccc32)[nH]c(=O)c1I. The summed E-state index contributed by atoms with van der Waals surface area (Å²) in [6.07, 6.45) is 0.971. The van der Waals surface area contributed by atoms with Crippen LogP contribution in [0.25, 0.3) is 0 Å². The van der Waals surface area contributed by atoms with Crippen LogP contribution in [-0.2, 0) is 6.42 Å². The van der Waals surface area contributed by atoms with E-state index in [1.807, 2.05) is 41.6 Å². The van der Waals surface area contributed by atoms with Crippen molar-refractivity contribution in [2.75, 3.05) is 0 Å². The summed E-state index contributed by atoms with van der Waals surface area (Å²) in [6.45, 7) is 1.88. The number of H-pyrrole nitrogens is 1. The molecule has 1 aliphatic carbocycles. The average molecular weight is 338 g/mol. The Bertz CT molecular complexity index is 648. The monoisotopic (exact) mass is 338 g/mol. The van der Waals surface area contributed by atoms with Gasteiger partial charge in [-0.2, -0.15) is 0 Å². The largest absolute Gasteiger partial charge is 0.309 e. The van der Waals surface area contributed by atoms with Crippen molar-refractivity contribution in [3.05, 3.63) is 60.8 Å². The van der Waals surface area contributed by atoms with E-state index in [0.29, 0.717) is 3.57 Å². The number of nitrogens with one attached hydrogen (secondary N) is 1. The summed E-state index contributed by atoms with van der Waals surface area (Å²) >= 11 is 2.03. The van der Waals surface area contributed by atoms with Crippen molar-refractivity contribution >= 4 is 22.6 Å². The Hall–Kier alpha value is -1.17. The number of aromatic amines is 1. The number of hydrogen-bond acceptors (Lipinski definition) is 2. The second-order valence-electron chi connectivity index (χ2n) is 4.31. The highest BCUT2D eigenvalue weighted by molar-refractivity contribution is 14.1. The molecule has 0 aliphatic heterocycles. The molecule has 2 aromatic rings. The highest BCUT2D eigenvalue weighted by Gasteiger charge is 2.29. The van der Waals surface area contributed by atoms with Crippen molar-refractivity contribution in [1.82, 2.24) is 9.97 Å². The van der Waals surface area contributed by atoms with Gasteiger partial charge in [0, 0.05) is 5.92 Å². The lowest BCUT2D eigenvalue weighted by Gasteiger charge is -2.29. The Labute approximate surface area is 112 Å².